The molecule has 216 valence electrons. The molecule has 0 saturated carbocycles. The average molecular weight is 588 g/mol. The van der Waals surface area contributed by atoms with Crippen molar-refractivity contribution in [1.29, 1.82) is 0 Å². The molecule has 0 fully saturated rings. The molecule has 5 aliphatic rings. The number of fused-ring (bicyclic) bond motifs is 15. The van der Waals surface area contributed by atoms with Crippen molar-refractivity contribution in [3.05, 3.63) is 149 Å². The van der Waals surface area contributed by atoms with Gasteiger partial charge in [-0.3, -0.25) is 0 Å². The Balaban J connectivity index is 1.27. The van der Waals surface area contributed by atoms with Crippen molar-refractivity contribution in [2.45, 2.75) is 43.6 Å². The number of nitrogens with zero attached hydrogens (tertiary/aromatic N) is 1. The molecule has 0 bridgehead atoms. The molecule has 0 spiro atoms. The van der Waals surface area contributed by atoms with Crippen LogP contribution < -0.4 is 15.7 Å². The molecule has 12 rings (SSSR count). The van der Waals surface area contributed by atoms with Crippen LogP contribution in [0.5, 0.6) is 5.75 Å². The largest absolute Gasteiger partial charge is 0.489 e. The highest BCUT2D eigenvalue weighted by Crippen LogP contribution is 2.57. The van der Waals surface area contributed by atoms with E-state index < -0.39 is 0 Å². The zero-order chi connectivity index (χ0) is 30.1. The summed E-state index contributed by atoms with van der Waals surface area (Å²) >= 11 is 0. The van der Waals surface area contributed by atoms with E-state index in [0.29, 0.717) is 5.92 Å². The number of benzene rings is 6. The lowest BCUT2D eigenvalue weighted by molar-refractivity contribution is 0.191. The summed E-state index contributed by atoms with van der Waals surface area (Å²) in [6.07, 6.45) is 1.15. The predicted molar refractivity (Wildman–Crippen MR) is 188 cm³/mol. The Hall–Kier alpha value is -5.02. The second kappa shape index (κ2) is 7.85. The van der Waals surface area contributed by atoms with Gasteiger partial charge in [0.05, 0.1) is 0 Å². The maximum absolute atomic E-state index is 6.77. The first kappa shape index (κ1) is 24.2. The summed E-state index contributed by atoms with van der Waals surface area (Å²) in [5.74, 6) is 1.63. The Morgan fingerprint density at radius 1 is 0.739 bits per heavy atom. The minimum atomic E-state index is -0.0824. The van der Waals surface area contributed by atoms with Gasteiger partial charge in [-0.25, -0.2) is 0 Å². The Morgan fingerprint density at radius 2 is 1.50 bits per heavy atom. The fourth-order valence-corrected chi connectivity index (χ4v) is 10.7. The molecule has 7 aromatic rings. The van der Waals surface area contributed by atoms with Gasteiger partial charge in [0.1, 0.15) is 11.9 Å². The standard InChI is InChI=1S/C43H30BNO/c1-43(2)32-18-7-5-13-25(32)42-39(43)29-17-9-16-28-38-24-12-4-3-11-23(24)21-31-30-22-35-37(26-14-6-8-20-34(26)46-35)27-15-10-19-33(36(27)30)44(40(31)38)45(42)41(28)29/h3-21,30,35,37H,22H2,1-2H3. The van der Waals surface area contributed by atoms with Crippen LogP contribution in [0.25, 0.3) is 44.1 Å². The quantitative estimate of drug-likeness (QED) is 0.162. The van der Waals surface area contributed by atoms with Crippen LogP contribution in [0.4, 0.5) is 0 Å². The number of ether oxygens (including phenoxy) is 1. The van der Waals surface area contributed by atoms with Gasteiger partial charge in [-0.05, 0) is 67.6 Å². The molecular weight excluding hydrogens is 557 g/mol. The molecule has 6 aromatic carbocycles. The Morgan fingerprint density at radius 3 is 2.46 bits per heavy atom. The molecule has 0 amide bonds. The van der Waals surface area contributed by atoms with Crippen LogP contribution in [0.2, 0.25) is 0 Å². The van der Waals surface area contributed by atoms with Gasteiger partial charge in [0, 0.05) is 50.5 Å². The van der Waals surface area contributed by atoms with Gasteiger partial charge < -0.3 is 9.21 Å². The third kappa shape index (κ3) is 2.57. The molecule has 2 nitrogen and oxygen atoms in total. The zero-order valence-electron chi connectivity index (χ0n) is 25.8. The van der Waals surface area contributed by atoms with E-state index in [0.717, 1.165) is 12.2 Å². The molecule has 0 N–H and O–H groups in total. The first-order valence-electron chi connectivity index (χ1n) is 16.8. The van der Waals surface area contributed by atoms with Gasteiger partial charge in [0.15, 0.2) is 0 Å². The smallest absolute Gasteiger partial charge is 0.329 e. The summed E-state index contributed by atoms with van der Waals surface area (Å²) in [7, 11) is 0. The molecule has 3 atom stereocenters. The van der Waals surface area contributed by atoms with E-state index in [1.54, 1.807) is 5.56 Å². The second-order valence-electron chi connectivity index (χ2n) is 14.7. The van der Waals surface area contributed by atoms with Crippen LogP contribution in [0.15, 0.2) is 115 Å². The van der Waals surface area contributed by atoms with Crippen molar-refractivity contribution < 1.29 is 4.74 Å². The molecule has 0 saturated heterocycles. The average Bonchev–Trinajstić information content (AvgIpc) is 3.71. The van der Waals surface area contributed by atoms with Gasteiger partial charge in [0.25, 0.3) is 0 Å². The van der Waals surface area contributed by atoms with E-state index >= 15 is 0 Å². The van der Waals surface area contributed by atoms with Crippen molar-refractivity contribution in [3.8, 4) is 28.1 Å². The highest BCUT2D eigenvalue weighted by atomic mass is 16.5. The van der Waals surface area contributed by atoms with E-state index in [9.17, 15) is 0 Å². The summed E-state index contributed by atoms with van der Waals surface area (Å²) in [4.78, 5) is 0. The predicted octanol–water partition coefficient (Wildman–Crippen LogP) is 8.48. The molecule has 1 aromatic heterocycles. The van der Waals surface area contributed by atoms with E-state index in [1.807, 2.05) is 0 Å². The second-order valence-corrected chi connectivity index (χ2v) is 14.7. The normalized spacial score (nSPS) is 21.3. The minimum absolute atomic E-state index is 0.0824. The first-order chi connectivity index (χ1) is 22.6. The van der Waals surface area contributed by atoms with Gasteiger partial charge in [-0.15, -0.1) is 0 Å². The lowest BCUT2D eigenvalue weighted by Gasteiger charge is -2.44. The maximum Gasteiger partial charge on any atom is 0.329 e. The number of para-hydroxylation sites is 2. The molecule has 2 aliphatic carbocycles. The number of rotatable bonds is 0. The molecule has 4 heterocycles. The molecule has 3 aliphatic heterocycles. The third-order valence-corrected chi connectivity index (χ3v) is 12.3. The van der Waals surface area contributed by atoms with Gasteiger partial charge in [0.2, 0.25) is 0 Å². The van der Waals surface area contributed by atoms with Crippen molar-refractivity contribution in [1.82, 2.24) is 4.48 Å². The van der Waals surface area contributed by atoms with E-state index in [1.165, 1.54) is 82.8 Å². The topological polar surface area (TPSA) is 14.2 Å². The van der Waals surface area contributed by atoms with E-state index in [-0.39, 0.29) is 24.3 Å². The Bertz CT molecular complexity index is 2550. The number of aromatic nitrogens is 1. The highest BCUT2D eigenvalue weighted by molar-refractivity contribution is 6.88. The summed E-state index contributed by atoms with van der Waals surface area (Å²) in [6.45, 7) is 4.97. The van der Waals surface area contributed by atoms with Gasteiger partial charge in [-0.2, -0.15) is 0 Å². The third-order valence-electron chi connectivity index (χ3n) is 12.3. The van der Waals surface area contributed by atoms with Crippen LogP contribution in [0, 0.1) is 0 Å². The van der Waals surface area contributed by atoms with Crippen LogP contribution in [0.1, 0.15) is 65.5 Å². The minimum Gasteiger partial charge on any atom is -0.489 e. The Kier molecular flexibility index (Phi) is 4.14. The van der Waals surface area contributed by atoms with Crippen molar-refractivity contribution in [2.75, 3.05) is 0 Å². The lowest BCUT2D eigenvalue weighted by atomic mass is 9.40. The molecular formula is C43H30BNO. The highest BCUT2D eigenvalue weighted by Gasteiger charge is 2.52. The zero-order valence-corrected chi connectivity index (χ0v) is 25.8. The molecule has 0 radical (unpaired) electrons. The van der Waals surface area contributed by atoms with Crippen molar-refractivity contribution in [2.24, 2.45) is 0 Å². The van der Waals surface area contributed by atoms with Gasteiger partial charge >= 0.3 is 6.85 Å². The summed E-state index contributed by atoms with van der Waals surface area (Å²) in [5, 5.41) is 4.10. The van der Waals surface area contributed by atoms with Crippen LogP contribution in [-0.2, 0) is 5.41 Å². The van der Waals surface area contributed by atoms with E-state index in [2.05, 4.69) is 134 Å². The SMILES string of the molecule is CC1(C)c2ccccc2-c2c1c1cccc3c1n2B1c2cccc4c2C(CC2Oc5ccccc5C42)c2cc4ccccc4c-3c21. The van der Waals surface area contributed by atoms with Crippen LogP contribution in [-0.4, -0.2) is 17.4 Å². The fourth-order valence-electron chi connectivity index (χ4n) is 10.7. The molecule has 3 heteroatoms. The summed E-state index contributed by atoms with van der Waals surface area (Å²) in [6, 6.07) is 43.8. The van der Waals surface area contributed by atoms with Crippen LogP contribution >= 0.6 is 0 Å². The number of hydrogen-bond acceptors (Lipinski definition) is 1. The Labute approximate surface area is 268 Å². The molecule has 3 unspecified atom stereocenters. The van der Waals surface area contributed by atoms with Gasteiger partial charge in [-0.1, -0.05) is 123 Å². The van der Waals surface area contributed by atoms with Crippen LogP contribution in [0.3, 0.4) is 0 Å². The monoisotopic (exact) mass is 587 g/mol. The fraction of sp³-hybridized carbons (Fsp3) is 0.163. The summed E-state index contributed by atoms with van der Waals surface area (Å²) < 4.78 is 9.55. The first-order valence-corrected chi connectivity index (χ1v) is 16.8. The number of hydrogen-bond donors (Lipinski definition) is 0. The van der Waals surface area contributed by atoms with E-state index in [4.69, 9.17) is 4.74 Å². The van der Waals surface area contributed by atoms with Crippen molar-refractivity contribution >= 4 is 39.4 Å². The maximum atomic E-state index is 6.77. The lowest BCUT2D eigenvalue weighted by Crippen LogP contribution is -2.58. The summed E-state index contributed by atoms with van der Waals surface area (Å²) in [5.41, 5.74) is 18.7. The molecule has 46 heavy (non-hydrogen) atoms. The van der Waals surface area contributed by atoms with Crippen molar-refractivity contribution in [3.63, 3.8) is 0 Å².